The molecule has 0 spiro atoms. The van der Waals surface area contributed by atoms with Crippen molar-refractivity contribution in [3.8, 4) is 135 Å². The Kier molecular flexibility index (Phi) is 12.9. The van der Waals surface area contributed by atoms with E-state index < -0.39 is 0 Å². The van der Waals surface area contributed by atoms with Crippen LogP contribution in [0.2, 0.25) is 0 Å². The van der Waals surface area contributed by atoms with Gasteiger partial charge in [-0.2, -0.15) is 0 Å². The lowest BCUT2D eigenvalue weighted by Gasteiger charge is -2.22. The molecule has 20 aromatic rings. The number of fused-ring (bicyclic) bond motifs is 4. The fourth-order valence-electron chi connectivity index (χ4n) is 18.8. The molecule has 16 aromatic carbocycles. The number of aromatic nitrogens is 6. The van der Waals surface area contributed by atoms with Crippen molar-refractivity contribution in [1.82, 2.24) is 29.9 Å². The van der Waals surface area contributed by atoms with Gasteiger partial charge >= 0.3 is 0 Å². The molecule has 0 bridgehead atoms. The number of nitrogens with zero attached hydrogens (tertiary/aromatic N) is 6. The summed E-state index contributed by atoms with van der Waals surface area (Å²) in [5.41, 5.74) is 27.4. The third kappa shape index (κ3) is 8.75. The van der Waals surface area contributed by atoms with E-state index in [2.05, 4.69) is 258 Å². The topological polar surface area (TPSA) is 77.3 Å². The second kappa shape index (κ2) is 22.8. The monoisotopic (exact) mass is 1410 g/mol. The average Bonchev–Trinajstić information content (AvgIpc) is 1.52. The van der Waals surface area contributed by atoms with Crippen LogP contribution in [0, 0.1) is 0 Å². The van der Waals surface area contributed by atoms with Crippen LogP contribution in [0.15, 0.2) is 303 Å². The molecule has 0 radical (unpaired) electrons. The summed E-state index contributed by atoms with van der Waals surface area (Å²) in [5, 5.41) is 15.5. The predicted molar refractivity (Wildman–Crippen MR) is 452 cm³/mol. The summed E-state index contributed by atoms with van der Waals surface area (Å²) in [4.78, 5) is 30.3. The summed E-state index contributed by atoms with van der Waals surface area (Å²) in [5.74, 6) is 3.98. The normalized spacial score (nSPS) is 13.5. The zero-order chi connectivity index (χ0) is 71.4. The molecule has 0 fully saturated rings. The molecule has 0 N–H and O–H groups in total. The molecule has 108 heavy (non-hydrogen) atoms. The van der Waals surface area contributed by atoms with Crippen molar-refractivity contribution in [3.63, 3.8) is 0 Å². The zero-order valence-corrected chi connectivity index (χ0v) is 61.0. The molecule has 0 unspecified atom stereocenters. The Morgan fingerprint density at radius 3 is 1.05 bits per heavy atom. The summed E-state index contributed by atoms with van der Waals surface area (Å²) < 4.78 is 5.36. The van der Waals surface area contributed by atoms with Crippen LogP contribution in [0.3, 0.4) is 0 Å². The highest BCUT2D eigenvalue weighted by molar-refractivity contribution is 7.26. The van der Waals surface area contributed by atoms with Crippen molar-refractivity contribution < 1.29 is 0 Å². The van der Waals surface area contributed by atoms with Gasteiger partial charge in [-0.15, -0.1) is 22.7 Å². The van der Waals surface area contributed by atoms with E-state index in [1.165, 1.54) is 156 Å². The lowest BCUT2D eigenvalue weighted by molar-refractivity contribution is 0.661. The standard InChI is InChI=1S/2C50H31N3S/c1-50(2)38-23-11-20-33-34-21-12-24-40-43(34)46-41(54-40)27-37(35-25-26-39(50)45(42(33)38)44(35)46)32-19-9-18-31-30(32)17-10-22-36(31)49-52-47(28-13-5-3-6-14-28)51-48(53-49)29-15-7-4-8-16-29;1-50(2)38-20-10-17-33-34-18-11-21-40-43(34)46-41(54-40)27-37(35-24-25-39(50)45(42(33)38)44(35)46)31-22-23-32-30(26-31)16-9-19-36(32)49-52-47(28-12-5-3-6-13-28)51-48(53-49)29-14-7-4-8-15-29/h2*3-27H,1-2H3. The van der Waals surface area contributed by atoms with Crippen molar-refractivity contribution in [2.24, 2.45) is 0 Å². The molecular formula is C100H62N6S2. The van der Waals surface area contributed by atoms with Crippen molar-refractivity contribution >= 4 is 106 Å². The number of benzene rings is 16. The molecule has 0 atom stereocenters. The van der Waals surface area contributed by atoms with E-state index in [1.54, 1.807) is 0 Å². The van der Waals surface area contributed by atoms with Crippen LogP contribution in [-0.2, 0) is 10.8 Å². The second-order valence-corrected chi connectivity index (χ2v) is 32.4. The summed E-state index contributed by atoms with van der Waals surface area (Å²) in [7, 11) is 0. The smallest absolute Gasteiger partial charge is 0.164 e. The summed E-state index contributed by atoms with van der Waals surface area (Å²) in [6.07, 6.45) is 0. The van der Waals surface area contributed by atoms with Crippen molar-refractivity contribution in [1.29, 1.82) is 0 Å². The first-order valence-corrected chi connectivity index (χ1v) is 38.7. The van der Waals surface area contributed by atoms with Crippen LogP contribution in [0.5, 0.6) is 0 Å². The van der Waals surface area contributed by atoms with E-state index in [0.29, 0.717) is 34.9 Å². The highest BCUT2D eigenvalue weighted by Gasteiger charge is 2.42. The van der Waals surface area contributed by atoms with E-state index in [0.717, 1.165) is 49.5 Å². The van der Waals surface area contributed by atoms with Gasteiger partial charge in [0.05, 0.1) is 0 Å². The average molecular weight is 1410 g/mol. The molecule has 4 heterocycles. The van der Waals surface area contributed by atoms with E-state index in [1.807, 2.05) is 95.5 Å². The molecule has 6 nitrogen and oxygen atoms in total. The molecule has 0 amide bonds. The maximum Gasteiger partial charge on any atom is 0.164 e. The highest BCUT2D eigenvalue weighted by atomic mass is 32.1. The Morgan fingerprint density at radius 2 is 0.565 bits per heavy atom. The SMILES string of the molecule is CC1(C)c2cccc3c2-c2c1ccc1c(-c4ccc5c(-c6nc(-c7ccccc7)nc(-c7ccccc7)n6)cccc5c4)cc4sc5cccc-3c5c4c21.CC1(C)c2cccc3c2-c2c1ccc1c(-c4cccc5c(-c6nc(-c7ccccc7)nc(-c7ccccc7)n6)cccc45)cc4sc5cccc-3c5c4c21. The van der Waals surface area contributed by atoms with E-state index in [9.17, 15) is 0 Å². The molecule has 8 heteroatoms. The Balaban J connectivity index is 0.000000130. The minimum absolute atomic E-state index is 0.0756. The lowest BCUT2D eigenvalue weighted by atomic mass is 9.80. The first-order valence-electron chi connectivity index (χ1n) is 37.1. The highest BCUT2D eigenvalue weighted by Crippen LogP contribution is 2.63. The minimum Gasteiger partial charge on any atom is -0.208 e. The molecule has 4 aliphatic carbocycles. The molecule has 0 saturated carbocycles. The van der Waals surface area contributed by atoms with Gasteiger partial charge in [0, 0.05) is 84.6 Å². The minimum atomic E-state index is -0.0886. The molecule has 4 aliphatic rings. The fraction of sp³-hybridized carbons (Fsp3) is 0.0600. The molecule has 0 saturated heterocycles. The Labute approximate surface area is 630 Å². The predicted octanol–water partition coefficient (Wildman–Crippen LogP) is 27.0. The van der Waals surface area contributed by atoms with Crippen LogP contribution in [0.25, 0.3) is 219 Å². The van der Waals surface area contributed by atoms with Crippen LogP contribution in [-0.4, -0.2) is 29.9 Å². The van der Waals surface area contributed by atoms with Gasteiger partial charge < -0.3 is 0 Å². The zero-order valence-electron chi connectivity index (χ0n) is 59.4. The van der Waals surface area contributed by atoms with Gasteiger partial charge in [-0.05, 0) is 162 Å². The molecule has 24 rings (SSSR count). The molecule has 4 aromatic heterocycles. The van der Waals surface area contributed by atoms with Crippen molar-refractivity contribution in [2.45, 2.75) is 38.5 Å². The van der Waals surface area contributed by atoms with Gasteiger partial charge in [0.1, 0.15) is 0 Å². The molecular weight excluding hydrogens is 1350 g/mol. The van der Waals surface area contributed by atoms with Gasteiger partial charge in [-0.25, -0.2) is 29.9 Å². The third-order valence-electron chi connectivity index (χ3n) is 23.7. The summed E-state index contributed by atoms with van der Waals surface area (Å²) in [6.45, 7) is 9.57. The van der Waals surface area contributed by atoms with E-state index in [-0.39, 0.29) is 10.8 Å². The molecule has 504 valence electrons. The van der Waals surface area contributed by atoms with E-state index in [4.69, 9.17) is 29.9 Å². The maximum absolute atomic E-state index is 5.13. The summed E-state index contributed by atoms with van der Waals surface area (Å²) in [6, 6.07) is 110. The van der Waals surface area contributed by atoms with E-state index >= 15 is 0 Å². The Morgan fingerprint density at radius 1 is 0.204 bits per heavy atom. The van der Waals surface area contributed by atoms with Gasteiger partial charge in [0.15, 0.2) is 34.9 Å². The van der Waals surface area contributed by atoms with Crippen LogP contribution in [0.1, 0.15) is 49.9 Å². The molecule has 0 aliphatic heterocycles. The maximum atomic E-state index is 5.13. The van der Waals surface area contributed by atoms with Gasteiger partial charge in [0.25, 0.3) is 0 Å². The number of rotatable bonds is 8. The first-order chi connectivity index (χ1) is 53.1. The largest absolute Gasteiger partial charge is 0.208 e. The fourth-order valence-corrected chi connectivity index (χ4v) is 21.1. The van der Waals surface area contributed by atoms with Crippen molar-refractivity contribution in [2.75, 3.05) is 0 Å². The van der Waals surface area contributed by atoms with Gasteiger partial charge in [-0.1, -0.05) is 301 Å². The third-order valence-corrected chi connectivity index (χ3v) is 25.9. The van der Waals surface area contributed by atoms with Gasteiger partial charge in [-0.3, -0.25) is 0 Å². The Bertz CT molecular complexity index is 7230. The summed E-state index contributed by atoms with van der Waals surface area (Å²) >= 11 is 3.84. The second-order valence-electron chi connectivity index (χ2n) is 30.2. The van der Waals surface area contributed by atoms with Gasteiger partial charge in [0.2, 0.25) is 0 Å². The quantitative estimate of drug-likeness (QED) is 0.151. The van der Waals surface area contributed by atoms with Crippen LogP contribution in [0.4, 0.5) is 0 Å². The lowest BCUT2D eigenvalue weighted by Crippen LogP contribution is -2.15. The first kappa shape index (κ1) is 61.3. The number of thiophene rings is 2. The van der Waals surface area contributed by atoms with Crippen LogP contribution >= 0.6 is 22.7 Å². The van der Waals surface area contributed by atoms with Crippen LogP contribution < -0.4 is 0 Å². The number of hydrogen-bond donors (Lipinski definition) is 0. The van der Waals surface area contributed by atoms with Crippen molar-refractivity contribution in [3.05, 3.63) is 326 Å². The Hall–Kier alpha value is -13.0. The number of hydrogen-bond acceptors (Lipinski definition) is 8.